The Kier molecular flexibility index (Phi) is 6.85. The Hall–Kier alpha value is -1.09. The van der Waals surface area contributed by atoms with Gasteiger partial charge in [-0.05, 0) is 44.0 Å². The third-order valence-corrected chi connectivity index (χ3v) is 3.33. The Bertz CT molecular complexity index is 366. The number of hydrogen-bond donors (Lipinski definition) is 1. The first-order valence-electron chi connectivity index (χ1n) is 7.31. The van der Waals surface area contributed by atoms with Gasteiger partial charge in [-0.15, -0.1) is 0 Å². The first-order chi connectivity index (χ1) is 9.08. The van der Waals surface area contributed by atoms with Crippen molar-refractivity contribution in [2.45, 2.75) is 40.2 Å². The Balaban J connectivity index is 2.69. The SMILES string of the molecule is CCC(CNCC(C)C)N(CC)c1cccc(F)c1. The maximum absolute atomic E-state index is 13.3. The molecule has 0 saturated heterocycles. The number of halogens is 1. The van der Waals surface area contributed by atoms with E-state index in [0.717, 1.165) is 31.7 Å². The summed E-state index contributed by atoms with van der Waals surface area (Å²) < 4.78 is 13.3. The van der Waals surface area contributed by atoms with Gasteiger partial charge in [-0.25, -0.2) is 4.39 Å². The number of benzene rings is 1. The number of nitrogens with zero attached hydrogens (tertiary/aromatic N) is 1. The van der Waals surface area contributed by atoms with Crippen LogP contribution in [0.3, 0.4) is 0 Å². The lowest BCUT2D eigenvalue weighted by Gasteiger charge is -2.32. The summed E-state index contributed by atoms with van der Waals surface area (Å²) in [4.78, 5) is 2.27. The molecular weight excluding hydrogens is 239 g/mol. The van der Waals surface area contributed by atoms with Crippen LogP contribution < -0.4 is 10.2 Å². The van der Waals surface area contributed by atoms with Crippen LogP contribution in [0.1, 0.15) is 34.1 Å². The molecule has 3 heteroatoms. The van der Waals surface area contributed by atoms with Gasteiger partial charge in [0.2, 0.25) is 0 Å². The fourth-order valence-electron chi connectivity index (χ4n) is 2.32. The van der Waals surface area contributed by atoms with Crippen LogP contribution in [-0.4, -0.2) is 25.7 Å². The first kappa shape index (κ1) is 16.0. The van der Waals surface area contributed by atoms with E-state index in [1.165, 1.54) is 6.07 Å². The largest absolute Gasteiger partial charge is 0.367 e. The summed E-state index contributed by atoms with van der Waals surface area (Å²) in [5.41, 5.74) is 0.973. The van der Waals surface area contributed by atoms with Crippen molar-refractivity contribution in [2.24, 2.45) is 5.92 Å². The van der Waals surface area contributed by atoms with Gasteiger partial charge in [0.15, 0.2) is 0 Å². The molecule has 108 valence electrons. The fourth-order valence-corrected chi connectivity index (χ4v) is 2.32. The van der Waals surface area contributed by atoms with Gasteiger partial charge in [0, 0.05) is 24.8 Å². The van der Waals surface area contributed by atoms with E-state index in [0.29, 0.717) is 12.0 Å². The van der Waals surface area contributed by atoms with Crippen molar-refractivity contribution in [3.05, 3.63) is 30.1 Å². The van der Waals surface area contributed by atoms with Crippen molar-refractivity contribution in [1.82, 2.24) is 5.32 Å². The summed E-state index contributed by atoms with van der Waals surface area (Å²) in [6, 6.07) is 7.29. The van der Waals surface area contributed by atoms with Crippen LogP contribution in [0.4, 0.5) is 10.1 Å². The number of likely N-dealkylation sites (N-methyl/N-ethyl adjacent to an activating group) is 1. The minimum atomic E-state index is -0.166. The predicted octanol–water partition coefficient (Wildman–Crippen LogP) is 3.68. The van der Waals surface area contributed by atoms with Gasteiger partial charge in [-0.2, -0.15) is 0 Å². The molecule has 1 unspecified atom stereocenters. The summed E-state index contributed by atoms with van der Waals surface area (Å²) >= 11 is 0. The third-order valence-electron chi connectivity index (χ3n) is 3.33. The molecule has 1 aromatic carbocycles. The maximum atomic E-state index is 13.3. The van der Waals surface area contributed by atoms with E-state index in [4.69, 9.17) is 0 Å². The molecule has 0 bridgehead atoms. The van der Waals surface area contributed by atoms with Crippen molar-refractivity contribution in [3.63, 3.8) is 0 Å². The Morgan fingerprint density at radius 1 is 1.21 bits per heavy atom. The quantitative estimate of drug-likeness (QED) is 0.772. The molecule has 0 aliphatic rings. The predicted molar refractivity (Wildman–Crippen MR) is 81.2 cm³/mol. The maximum Gasteiger partial charge on any atom is 0.125 e. The number of rotatable bonds is 8. The highest BCUT2D eigenvalue weighted by molar-refractivity contribution is 5.47. The summed E-state index contributed by atoms with van der Waals surface area (Å²) in [7, 11) is 0. The Labute approximate surface area is 117 Å². The van der Waals surface area contributed by atoms with Gasteiger partial charge < -0.3 is 10.2 Å². The van der Waals surface area contributed by atoms with Crippen molar-refractivity contribution < 1.29 is 4.39 Å². The molecule has 1 N–H and O–H groups in total. The van der Waals surface area contributed by atoms with Crippen LogP contribution in [0.25, 0.3) is 0 Å². The van der Waals surface area contributed by atoms with Crippen LogP contribution in [0.15, 0.2) is 24.3 Å². The molecule has 19 heavy (non-hydrogen) atoms. The van der Waals surface area contributed by atoms with Crippen molar-refractivity contribution >= 4 is 5.69 Å². The normalized spacial score (nSPS) is 12.7. The molecule has 0 spiro atoms. The second-order valence-corrected chi connectivity index (χ2v) is 5.38. The summed E-state index contributed by atoms with van der Waals surface area (Å²) in [6.07, 6.45) is 1.05. The molecule has 0 heterocycles. The average molecular weight is 266 g/mol. The monoisotopic (exact) mass is 266 g/mol. The lowest BCUT2D eigenvalue weighted by molar-refractivity contribution is 0.486. The molecule has 1 rings (SSSR count). The highest BCUT2D eigenvalue weighted by atomic mass is 19.1. The van der Waals surface area contributed by atoms with Gasteiger partial charge in [-0.1, -0.05) is 26.8 Å². The van der Waals surface area contributed by atoms with Gasteiger partial charge in [0.25, 0.3) is 0 Å². The molecule has 0 fully saturated rings. The molecule has 1 atom stereocenters. The van der Waals surface area contributed by atoms with Gasteiger partial charge in [-0.3, -0.25) is 0 Å². The third kappa shape index (κ3) is 5.19. The van der Waals surface area contributed by atoms with Crippen LogP contribution in [-0.2, 0) is 0 Å². The molecule has 0 saturated carbocycles. The summed E-state index contributed by atoms with van der Waals surface area (Å²) in [6.45, 7) is 11.6. The number of hydrogen-bond acceptors (Lipinski definition) is 2. The van der Waals surface area contributed by atoms with E-state index >= 15 is 0 Å². The Morgan fingerprint density at radius 3 is 2.47 bits per heavy atom. The van der Waals surface area contributed by atoms with Crippen LogP contribution in [0.5, 0.6) is 0 Å². The van der Waals surface area contributed by atoms with E-state index in [1.807, 2.05) is 6.07 Å². The lowest BCUT2D eigenvalue weighted by Crippen LogP contribution is -2.43. The summed E-state index contributed by atoms with van der Waals surface area (Å²) in [5.74, 6) is 0.489. The van der Waals surface area contributed by atoms with E-state index in [2.05, 4.69) is 37.9 Å². The minimum Gasteiger partial charge on any atom is -0.367 e. The van der Waals surface area contributed by atoms with Crippen LogP contribution >= 0.6 is 0 Å². The van der Waals surface area contributed by atoms with Crippen molar-refractivity contribution in [3.8, 4) is 0 Å². The number of nitrogens with one attached hydrogen (secondary N) is 1. The zero-order chi connectivity index (χ0) is 14.3. The second kappa shape index (κ2) is 8.16. The standard InChI is InChI=1S/C16H27FN2/c1-5-15(12-18-11-13(3)4)19(6-2)16-9-7-8-14(17)10-16/h7-10,13,15,18H,5-6,11-12H2,1-4H3. The van der Waals surface area contributed by atoms with E-state index in [9.17, 15) is 4.39 Å². The van der Waals surface area contributed by atoms with Crippen LogP contribution in [0, 0.1) is 11.7 Å². The molecule has 2 nitrogen and oxygen atoms in total. The van der Waals surface area contributed by atoms with E-state index in [1.54, 1.807) is 12.1 Å². The van der Waals surface area contributed by atoms with Crippen LogP contribution in [0.2, 0.25) is 0 Å². The molecule has 0 amide bonds. The smallest absolute Gasteiger partial charge is 0.125 e. The van der Waals surface area contributed by atoms with E-state index in [-0.39, 0.29) is 5.82 Å². The Morgan fingerprint density at radius 2 is 1.95 bits per heavy atom. The molecule has 0 aromatic heterocycles. The molecule has 1 aromatic rings. The highest BCUT2D eigenvalue weighted by Crippen LogP contribution is 2.19. The van der Waals surface area contributed by atoms with Gasteiger partial charge in [0.05, 0.1) is 0 Å². The van der Waals surface area contributed by atoms with Gasteiger partial charge >= 0.3 is 0 Å². The van der Waals surface area contributed by atoms with Gasteiger partial charge in [0.1, 0.15) is 5.82 Å². The minimum absolute atomic E-state index is 0.166. The van der Waals surface area contributed by atoms with Crippen molar-refractivity contribution in [1.29, 1.82) is 0 Å². The molecule has 0 aliphatic carbocycles. The zero-order valence-corrected chi connectivity index (χ0v) is 12.6. The molecule has 0 aliphatic heterocycles. The van der Waals surface area contributed by atoms with Crippen molar-refractivity contribution in [2.75, 3.05) is 24.5 Å². The number of anilines is 1. The average Bonchev–Trinajstić information content (AvgIpc) is 2.37. The zero-order valence-electron chi connectivity index (χ0n) is 12.6. The fraction of sp³-hybridized carbons (Fsp3) is 0.625. The topological polar surface area (TPSA) is 15.3 Å². The lowest BCUT2D eigenvalue weighted by atomic mass is 10.1. The molecule has 0 radical (unpaired) electrons. The van der Waals surface area contributed by atoms with E-state index < -0.39 is 0 Å². The summed E-state index contributed by atoms with van der Waals surface area (Å²) in [5, 5.41) is 3.50. The second-order valence-electron chi connectivity index (χ2n) is 5.38. The highest BCUT2D eigenvalue weighted by Gasteiger charge is 2.16. The first-order valence-corrected chi connectivity index (χ1v) is 7.31. The molecular formula is C16H27FN2.